The third kappa shape index (κ3) is 5.03. The van der Waals surface area contributed by atoms with Crippen molar-refractivity contribution in [3.8, 4) is 22.9 Å². The number of aromatic nitrogens is 3. The van der Waals surface area contributed by atoms with Crippen molar-refractivity contribution in [2.45, 2.75) is 58.2 Å². The first-order valence-corrected chi connectivity index (χ1v) is 13.5. The lowest BCUT2D eigenvalue weighted by Gasteiger charge is -2.38. The Morgan fingerprint density at radius 1 is 0.938 bits per heavy atom. The molecular weight excluding hydrogens is 410 g/mol. The molecule has 4 nitrogen and oxygen atoms in total. The molecule has 32 heavy (non-hydrogen) atoms. The summed E-state index contributed by atoms with van der Waals surface area (Å²) in [6.07, 6.45) is 3.96. The Hall–Kier alpha value is -3.10. The first-order valence-electron chi connectivity index (χ1n) is 11.3. The van der Waals surface area contributed by atoms with E-state index in [2.05, 4.69) is 81.5 Å². The minimum Gasteiger partial charge on any atom is -0.508 e. The third-order valence-corrected chi connectivity index (χ3v) is 12.5. The Morgan fingerprint density at radius 2 is 1.59 bits per heavy atom. The molecule has 0 spiro atoms. The van der Waals surface area contributed by atoms with E-state index in [1.54, 1.807) is 22.9 Å². The zero-order valence-corrected chi connectivity index (χ0v) is 20.9. The van der Waals surface area contributed by atoms with Gasteiger partial charge in [0, 0.05) is 6.07 Å². The van der Waals surface area contributed by atoms with Gasteiger partial charge in [-0.2, -0.15) is 0 Å². The third-order valence-electron chi connectivity index (χ3n) is 6.25. The highest BCUT2D eigenvalue weighted by molar-refractivity contribution is 6.90. The van der Waals surface area contributed by atoms with Crippen LogP contribution in [0, 0.1) is 11.5 Å². The molecule has 0 aliphatic carbocycles. The van der Waals surface area contributed by atoms with E-state index < -0.39 is 8.07 Å². The average Bonchev–Trinajstić information content (AvgIpc) is 3.23. The second-order valence-corrected chi connectivity index (χ2v) is 14.8. The van der Waals surface area contributed by atoms with Crippen LogP contribution in [0.5, 0.6) is 5.75 Å². The van der Waals surface area contributed by atoms with Crippen LogP contribution in [-0.2, 0) is 0 Å². The number of phenolic OH excluding ortho intramolecular Hbond substituents is 1. The standard InChI is InChI=1S/C27H33N3OSi/c1-20(2)32(21(3)4,22(5)6)16-15-24(17-23-11-8-7-9-12-23)27-19-30(29-28-27)25-13-10-14-26(31)18-25/h7-14,17-22,31H,1-6H3/b24-17-. The molecule has 0 bridgehead atoms. The van der Waals surface area contributed by atoms with Crippen LogP contribution >= 0.6 is 0 Å². The molecule has 3 aromatic rings. The highest BCUT2D eigenvalue weighted by atomic mass is 28.3. The van der Waals surface area contributed by atoms with Gasteiger partial charge in [-0.05, 0) is 40.4 Å². The predicted octanol–water partition coefficient (Wildman–Crippen LogP) is 6.73. The number of phenols is 1. The second-order valence-electron chi connectivity index (χ2n) is 9.18. The Bertz CT molecular complexity index is 1110. The molecule has 0 radical (unpaired) electrons. The summed E-state index contributed by atoms with van der Waals surface area (Å²) in [6, 6.07) is 17.2. The van der Waals surface area contributed by atoms with Gasteiger partial charge in [-0.25, -0.2) is 4.68 Å². The van der Waals surface area contributed by atoms with Crippen LogP contribution in [0.2, 0.25) is 16.6 Å². The lowest BCUT2D eigenvalue weighted by molar-refractivity contribution is 0.474. The molecule has 0 saturated carbocycles. The van der Waals surface area contributed by atoms with Crippen molar-refractivity contribution in [1.29, 1.82) is 0 Å². The summed E-state index contributed by atoms with van der Waals surface area (Å²) in [4.78, 5) is 0. The Kier molecular flexibility index (Phi) is 7.37. The fraction of sp³-hybridized carbons (Fsp3) is 0.333. The smallest absolute Gasteiger partial charge is 0.146 e. The molecule has 2 aromatic carbocycles. The van der Waals surface area contributed by atoms with Crippen molar-refractivity contribution >= 4 is 19.7 Å². The minimum atomic E-state index is -1.90. The first kappa shape index (κ1) is 23.6. The van der Waals surface area contributed by atoms with Crippen LogP contribution in [0.1, 0.15) is 52.8 Å². The lowest BCUT2D eigenvalue weighted by Crippen LogP contribution is -2.43. The van der Waals surface area contributed by atoms with Crippen molar-refractivity contribution in [3.63, 3.8) is 0 Å². The zero-order valence-electron chi connectivity index (χ0n) is 19.9. The van der Waals surface area contributed by atoms with Crippen LogP contribution in [0.3, 0.4) is 0 Å². The van der Waals surface area contributed by atoms with Gasteiger partial charge < -0.3 is 5.11 Å². The topological polar surface area (TPSA) is 50.9 Å². The molecule has 1 aromatic heterocycles. The quantitative estimate of drug-likeness (QED) is 0.339. The maximum absolute atomic E-state index is 9.82. The van der Waals surface area contributed by atoms with Gasteiger partial charge in [-0.3, -0.25) is 0 Å². The summed E-state index contributed by atoms with van der Waals surface area (Å²) < 4.78 is 1.67. The maximum atomic E-state index is 9.82. The number of hydrogen-bond donors (Lipinski definition) is 1. The number of nitrogens with zero attached hydrogens (tertiary/aromatic N) is 3. The van der Waals surface area contributed by atoms with Gasteiger partial charge in [0.05, 0.1) is 17.5 Å². The van der Waals surface area contributed by atoms with Crippen molar-refractivity contribution in [1.82, 2.24) is 15.0 Å². The Labute approximate surface area is 193 Å². The number of aromatic hydroxyl groups is 1. The summed E-state index contributed by atoms with van der Waals surface area (Å²) in [5.74, 6) is 3.75. The van der Waals surface area contributed by atoms with Crippen LogP contribution in [0.15, 0.2) is 60.8 Å². The highest BCUT2D eigenvalue weighted by Crippen LogP contribution is 2.41. The van der Waals surface area contributed by atoms with E-state index in [4.69, 9.17) is 0 Å². The van der Waals surface area contributed by atoms with Gasteiger partial charge >= 0.3 is 0 Å². The second kappa shape index (κ2) is 10.0. The van der Waals surface area contributed by atoms with E-state index in [9.17, 15) is 5.11 Å². The summed E-state index contributed by atoms with van der Waals surface area (Å²) in [6.45, 7) is 13.9. The highest BCUT2D eigenvalue weighted by Gasteiger charge is 2.41. The number of allylic oxidation sites excluding steroid dienone is 1. The van der Waals surface area contributed by atoms with Crippen LogP contribution < -0.4 is 0 Å². The number of rotatable bonds is 6. The SMILES string of the molecule is CC(C)[Si](C#C/C(=C/c1ccccc1)c1cn(-c2cccc(O)c2)nn1)(C(C)C)C(C)C. The van der Waals surface area contributed by atoms with Gasteiger partial charge in [-0.1, -0.05) is 89.1 Å². The van der Waals surface area contributed by atoms with Crippen molar-refractivity contribution in [2.24, 2.45) is 0 Å². The zero-order chi connectivity index (χ0) is 23.3. The summed E-state index contributed by atoms with van der Waals surface area (Å²) in [7, 11) is -1.90. The lowest BCUT2D eigenvalue weighted by atomic mass is 10.1. The predicted molar refractivity (Wildman–Crippen MR) is 136 cm³/mol. The molecule has 3 rings (SSSR count). The maximum Gasteiger partial charge on any atom is 0.146 e. The van der Waals surface area contributed by atoms with Crippen molar-refractivity contribution < 1.29 is 5.11 Å². The Morgan fingerprint density at radius 3 is 2.19 bits per heavy atom. The van der Waals surface area contributed by atoms with Crippen molar-refractivity contribution in [2.75, 3.05) is 0 Å². The molecule has 0 atom stereocenters. The van der Waals surface area contributed by atoms with Crippen LogP contribution in [-0.4, -0.2) is 28.2 Å². The molecule has 166 valence electrons. The molecular formula is C27H33N3OSi. The summed E-state index contributed by atoms with van der Waals surface area (Å²) in [5.41, 5.74) is 8.89. The Balaban J connectivity index is 2.12. The molecule has 5 heteroatoms. The van der Waals surface area contributed by atoms with Crippen molar-refractivity contribution in [3.05, 3.63) is 72.1 Å². The van der Waals surface area contributed by atoms with Gasteiger partial charge in [0.2, 0.25) is 0 Å². The molecule has 0 saturated heterocycles. The largest absolute Gasteiger partial charge is 0.508 e. The van der Waals surface area contributed by atoms with Gasteiger partial charge in [-0.15, -0.1) is 10.6 Å². The van der Waals surface area contributed by atoms with E-state index in [0.29, 0.717) is 16.6 Å². The molecule has 0 fully saturated rings. The monoisotopic (exact) mass is 443 g/mol. The van der Waals surface area contributed by atoms with Gasteiger partial charge in [0.1, 0.15) is 19.5 Å². The fourth-order valence-corrected chi connectivity index (χ4v) is 9.86. The van der Waals surface area contributed by atoms with E-state index in [1.165, 1.54) is 0 Å². The normalized spacial score (nSPS) is 12.3. The molecule has 1 heterocycles. The first-order chi connectivity index (χ1) is 15.2. The van der Waals surface area contributed by atoms with Gasteiger partial charge in [0.25, 0.3) is 0 Å². The van der Waals surface area contributed by atoms with E-state index in [1.807, 2.05) is 30.5 Å². The average molecular weight is 444 g/mol. The summed E-state index contributed by atoms with van der Waals surface area (Å²) >= 11 is 0. The molecule has 0 amide bonds. The minimum absolute atomic E-state index is 0.195. The number of benzene rings is 2. The molecule has 0 aliphatic rings. The molecule has 0 unspecified atom stereocenters. The van der Waals surface area contributed by atoms with Crippen LogP contribution in [0.25, 0.3) is 17.3 Å². The summed E-state index contributed by atoms with van der Waals surface area (Å²) in [5, 5.41) is 18.6. The molecule has 1 N–H and O–H groups in total. The fourth-order valence-electron chi connectivity index (χ4n) is 4.65. The van der Waals surface area contributed by atoms with E-state index in [-0.39, 0.29) is 5.75 Å². The molecule has 0 aliphatic heterocycles. The van der Waals surface area contributed by atoms with E-state index >= 15 is 0 Å². The number of hydrogen-bond acceptors (Lipinski definition) is 3. The van der Waals surface area contributed by atoms with E-state index in [0.717, 1.165) is 22.5 Å². The van der Waals surface area contributed by atoms with Crippen LogP contribution in [0.4, 0.5) is 0 Å². The van der Waals surface area contributed by atoms with Gasteiger partial charge in [0.15, 0.2) is 0 Å².